The zero-order chi connectivity index (χ0) is 42.8. The van der Waals surface area contributed by atoms with Crippen LogP contribution >= 0.6 is 0 Å². The van der Waals surface area contributed by atoms with Crippen LogP contribution in [0.3, 0.4) is 0 Å². The fraction of sp³-hybridized carbons (Fsp3) is 0.841. The third-order valence-corrected chi connectivity index (χ3v) is 17.5. The summed E-state index contributed by atoms with van der Waals surface area (Å²) in [5.74, 6) is -2.44. The highest BCUT2D eigenvalue weighted by atomic mass is 32.2. The number of likely N-dealkylation sites (tertiary alicyclic amines) is 1. The fourth-order valence-electron chi connectivity index (χ4n) is 10.5. The molecule has 0 bridgehead atoms. The number of rotatable bonds is 18. The molecule has 4 N–H and O–H groups in total. The third-order valence-electron chi connectivity index (χ3n) is 14.8. The molecule has 4 saturated carbocycles. The molecule has 2 saturated heterocycles. The lowest BCUT2D eigenvalue weighted by Gasteiger charge is -2.44. The van der Waals surface area contributed by atoms with E-state index in [-0.39, 0.29) is 48.0 Å². The monoisotopic (exact) mass is 845 g/mol. The number of piperidine rings is 1. The van der Waals surface area contributed by atoms with Crippen LogP contribution in [0.2, 0.25) is 0 Å². The molecule has 332 valence electrons. The number of urea groups is 1. The van der Waals surface area contributed by atoms with Crippen LogP contribution in [0.25, 0.3) is 0 Å². The largest absolute Gasteiger partial charge is 0.353 e. The molecule has 59 heavy (non-hydrogen) atoms. The summed E-state index contributed by atoms with van der Waals surface area (Å²) in [5.41, 5.74) is -1.87. The number of hydrogen-bond donors (Lipinski definition) is 4. The molecule has 1 unspecified atom stereocenters. The number of fused-ring (bicyclic) bond motifs is 1. The van der Waals surface area contributed by atoms with Crippen LogP contribution in [0.5, 0.6) is 0 Å². The van der Waals surface area contributed by atoms with Crippen LogP contribution in [0.15, 0.2) is 12.7 Å². The lowest BCUT2D eigenvalue weighted by atomic mass is 9.70. The van der Waals surface area contributed by atoms with Crippen molar-refractivity contribution >= 4 is 39.4 Å². The molecule has 0 aromatic carbocycles. The normalized spacial score (nSPS) is 28.3. The number of hydrogen-bond acceptors (Lipinski definition) is 9. The van der Waals surface area contributed by atoms with Crippen molar-refractivity contribution < 1.29 is 41.9 Å². The molecule has 5 amide bonds. The van der Waals surface area contributed by atoms with Gasteiger partial charge in [0, 0.05) is 19.7 Å². The summed E-state index contributed by atoms with van der Waals surface area (Å²) < 4.78 is 38.8. The van der Waals surface area contributed by atoms with Gasteiger partial charge in [0.2, 0.25) is 17.6 Å². The number of carbonyl (C=O) groups is 5. The minimum atomic E-state index is -3.81. The van der Waals surface area contributed by atoms with Gasteiger partial charge in [-0.05, 0) is 93.8 Å². The number of amides is 5. The van der Waals surface area contributed by atoms with Gasteiger partial charge in [-0.15, -0.1) is 6.58 Å². The summed E-state index contributed by atoms with van der Waals surface area (Å²) >= 11 is 0. The summed E-state index contributed by atoms with van der Waals surface area (Å²) in [6, 6.07) is -3.48. The molecule has 0 radical (unpaired) electrons. The molecule has 0 aromatic rings. The van der Waals surface area contributed by atoms with Crippen LogP contribution < -0.4 is 21.3 Å². The topological polar surface area (TPSA) is 189 Å². The molecule has 14 nitrogen and oxygen atoms in total. The smallest absolute Gasteiger partial charge is 0.315 e. The van der Waals surface area contributed by atoms with Gasteiger partial charge in [0.15, 0.2) is 16.1 Å². The van der Waals surface area contributed by atoms with E-state index in [1.807, 2.05) is 6.92 Å². The number of nitrogens with zero attached hydrogens (tertiary/aromatic N) is 1. The predicted molar refractivity (Wildman–Crippen MR) is 224 cm³/mol. The van der Waals surface area contributed by atoms with Crippen molar-refractivity contribution in [1.29, 1.82) is 0 Å². The molecule has 15 heteroatoms. The van der Waals surface area contributed by atoms with E-state index in [2.05, 4.69) is 41.7 Å². The van der Waals surface area contributed by atoms with Crippen molar-refractivity contribution in [2.75, 3.05) is 32.1 Å². The predicted octanol–water partition coefficient (Wildman–Crippen LogP) is 4.70. The van der Waals surface area contributed by atoms with Gasteiger partial charge in [-0.1, -0.05) is 78.2 Å². The average Bonchev–Trinajstić information content (AvgIpc) is 4.05. The quantitative estimate of drug-likeness (QED) is 0.112. The maximum atomic E-state index is 15.1. The summed E-state index contributed by atoms with van der Waals surface area (Å²) in [5, 5.41) is 11.7. The van der Waals surface area contributed by atoms with Crippen LogP contribution in [0, 0.1) is 28.6 Å². The standard InChI is InChI=1S/C44H71N5O9S/c1-7-23-45-38(52)35(50)31(25-29-17-18-29)46-37(51)34-33-30(42(33,4)5)26-49(34)39(53)36(43(6)19-11-8-12-20-43)47-40(54)48-44(21-13-9-14-22-44)28-59(55,56)41(2,3)27-58-32-16-10-15-24-57-32/h7,29-34,36H,1,8-28H2,2-6H3,(H,45,52)(H,46,51)(H2,47,48,54)/t30-,31-,32?,33-,34-,36+/m0/s1. The van der Waals surface area contributed by atoms with Gasteiger partial charge in [-0.25, -0.2) is 13.2 Å². The Bertz CT molecular complexity index is 1690. The van der Waals surface area contributed by atoms with E-state index >= 15 is 4.79 Å². The highest BCUT2D eigenvalue weighted by Gasteiger charge is 2.70. The second kappa shape index (κ2) is 18.1. The molecule has 6 rings (SSSR count). The van der Waals surface area contributed by atoms with Gasteiger partial charge in [-0.2, -0.15) is 0 Å². The van der Waals surface area contributed by atoms with Gasteiger partial charge < -0.3 is 35.6 Å². The highest BCUT2D eigenvalue weighted by molar-refractivity contribution is 7.92. The number of sulfone groups is 1. The van der Waals surface area contributed by atoms with E-state index < -0.39 is 73.6 Å². The number of nitrogens with one attached hydrogen (secondary N) is 4. The first-order valence-corrected chi connectivity index (χ1v) is 24.1. The summed E-state index contributed by atoms with van der Waals surface area (Å²) in [6.45, 7) is 14.1. The van der Waals surface area contributed by atoms with E-state index in [4.69, 9.17) is 9.47 Å². The first-order valence-electron chi connectivity index (χ1n) is 22.4. The molecule has 6 aliphatic rings. The lowest BCUT2D eigenvalue weighted by Crippen LogP contribution is -2.65. The second-order valence-electron chi connectivity index (χ2n) is 20.2. The van der Waals surface area contributed by atoms with Crippen molar-refractivity contribution in [3.05, 3.63) is 12.7 Å². The first-order chi connectivity index (χ1) is 27.8. The minimum absolute atomic E-state index is 0.0292. The van der Waals surface area contributed by atoms with E-state index in [1.54, 1.807) is 18.7 Å². The molecule has 2 aliphatic heterocycles. The first kappa shape index (κ1) is 45.5. The Morgan fingerprint density at radius 1 is 0.915 bits per heavy atom. The minimum Gasteiger partial charge on any atom is -0.353 e. The number of carbonyl (C=O) groups excluding carboxylic acids is 5. The van der Waals surface area contributed by atoms with E-state index in [9.17, 15) is 27.6 Å². The molecule has 6 fully saturated rings. The number of Topliss-reactive ketones (excluding diaryl/α,β-unsaturated/α-hetero) is 1. The Balaban J connectivity index is 1.21. The third kappa shape index (κ3) is 10.4. The maximum absolute atomic E-state index is 15.1. The van der Waals surface area contributed by atoms with Crippen molar-refractivity contribution in [1.82, 2.24) is 26.2 Å². The maximum Gasteiger partial charge on any atom is 0.315 e. The van der Waals surface area contributed by atoms with Gasteiger partial charge in [0.05, 0.1) is 28.7 Å². The zero-order valence-electron chi connectivity index (χ0n) is 36.2. The number of ether oxygens (including phenoxy) is 2. The Kier molecular flexibility index (Phi) is 14.0. The molecule has 4 aliphatic carbocycles. The highest BCUT2D eigenvalue weighted by Crippen LogP contribution is 2.65. The lowest BCUT2D eigenvalue weighted by molar-refractivity contribution is -0.165. The molecule has 0 spiro atoms. The van der Waals surface area contributed by atoms with Crippen LogP contribution in [0.4, 0.5) is 4.79 Å². The van der Waals surface area contributed by atoms with Crippen molar-refractivity contribution in [3.8, 4) is 0 Å². The van der Waals surface area contributed by atoms with Crippen molar-refractivity contribution in [2.45, 2.75) is 172 Å². The average molecular weight is 846 g/mol. The zero-order valence-corrected chi connectivity index (χ0v) is 37.0. The molecule has 2 heterocycles. The Morgan fingerprint density at radius 3 is 2.19 bits per heavy atom. The summed E-state index contributed by atoms with van der Waals surface area (Å²) in [6.07, 6.45) is 13.5. The van der Waals surface area contributed by atoms with Crippen LogP contribution in [0.1, 0.15) is 137 Å². The summed E-state index contributed by atoms with van der Waals surface area (Å²) in [4.78, 5) is 71.6. The molecule has 6 atom stereocenters. The Hall–Kier alpha value is -3.04. The fourth-order valence-corrected chi connectivity index (χ4v) is 12.2. The molecular formula is C44H71N5O9S. The Labute approximate surface area is 351 Å². The van der Waals surface area contributed by atoms with Gasteiger partial charge in [0.25, 0.3) is 5.91 Å². The Morgan fingerprint density at radius 2 is 1.58 bits per heavy atom. The van der Waals surface area contributed by atoms with Gasteiger partial charge in [0.1, 0.15) is 12.1 Å². The number of ketones is 1. The van der Waals surface area contributed by atoms with E-state index in [1.165, 1.54) is 6.08 Å². The van der Waals surface area contributed by atoms with Crippen LogP contribution in [-0.2, 0) is 38.5 Å². The SMILES string of the molecule is C=CCNC(=O)C(=O)[C@H](CC1CC1)NC(=O)[C@@H]1[C@@H]2[C@H](CN1C(=O)[C@@H](NC(=O)NC1(CS(=O)(=O)C(C)(C)COC3CCCCO3)CCCCC1)C1(C)CCCCC1)C2(C)C. The van der Waals surface area contributed by atoms with E-state index in [0.717, 1.165) is 70.6 Å². The molecule has 0 aromatic heterocycles. The van der Waals surface area contributed by atoms with Gasteiger partial charge >= 0.3 is 6.03 Å². The van der Waals surface area contributed by atoms with Crippen molar-refractivity contribution in [3.63, 3.8) is 0 Å². The second-order valence-corrected chi connectivity index (χ2v) is 22.8. The van der Waals surface area contributed by atoms with E-state index in [0.29, 0.717) is 45.3 Å². The molecular weight excluding hydrogens is 775 g/mol. The van der Waals surface area contributed by atoms with Gasteiger partial charge in [-0.3, -0.25) is 19.2 Å². The summed E-state index contributed by atoms with van der Waals surface area (Å²) in [7, 11) is -3.81. The van der Waals surface area contributed by atoms with Crippen LogP contribution in [-0.4, -0.2) is 110 Å². The van der Waals surface area contributed by atoms with Crippen molar-refractivity contribution in [2.24, 2.45) is 28.6 Å².